The van der Waals surface area contributed by atoms with Crippen LogP contribution in [0.5, 0.6) is 0 Å². The number of nitrogens with zero attached hydrogens (tertiary/aromatic N) is 1. The molecule has 104 valence electrons. The Morgan fingerprint density at radius 2 is 2.15 bits per heavy atom. The van der Waals surface area contributed by atoms with Crippen molar-refractivity contribution in [1.29, 1.82) is 0 Å². The summed E-state index contributed by atoms with van der Waals surface area (Å²) in [4.78, 5) is 15.8. The standard InChI is InChI=1S/C15H16BrN3O/c1-17-15(20)12-4-2-3-11(9-12)7-8-18-14-6-5-13(16)10-19-14/h2-6,9-10H,7-8H2,1H3,(H,17,20)(H,18,19). The van der Waals surface area contributed by atoms with Crippen molar-refractivity contribution < 1.29 is 4.79 Å². The molecule has 1 aromatic carbocycles. The predicted octanol–water partition coefficient (Wildman–Crippen LogP) is 2.86. The van der Waals surface area contributed by atoms with E-state index in [1.807, 2.05) is 36.4 Å². The lowest BCUT2D eigenvalue weighted by molar-refractivity contribution is 0.0963. The summed E-state index contributed by atoms with van der Waals surface area (Å²) in [5.41, 5.74) is 1.81. The molecule has 0 radical (unpaired) electrons. The van der Waals surface area contributed by atoms with E-state index in [9.17, 15) is 4.79 Å². The minimum atomic E-state index is -0.0608. The average molecular weight is 334 g/mol. The molecule has 2 N–H and O–H groups in total. The summed E-state index contributed by atoms with van der Waals surface area (Å²) in [6.45, 7) is 0.770. The summed E-state index contributed by atoms with van der Waals surface area (Å²) in [5, 5.41) is 5.88. The van der Waals surface area contributed by atoms with Crippen molar-refractivity contribution in [1.82, 2.24) is 10.3 Å². The number of nitrogens with one attached hydrogen (secondary N) is 2. The number of rotatable bonds is 5. The van der Waals surface area contributed by atoms with Crippen molar-refractivity contribution in [2.75, 3.05) is 18.9 Å². The smallest absolute Gasteiger partial charge is 0.251 e. The summed E-state index contributed by atoms with van der Waals surface area (Å²) in [5.74, 6) is 0.782. The molecule has 0 aliphatic rings. The van der Waals surface area contributed by atoms with Crippen LogP contribution in [-0.4, -0.2) is 24.5 Å². The minimum Gasteiger partial charge on any atom is -0.370 e. The summed E-state index contributed by atoms with van der Waals surface area (Å²) in [6, 6.07) is 11.5. The van der Waals surface area contributed by atoms with Crippen molar-refractivity contribution in [3.8, 4) is 0 Å². The van der Waals surface area contributed by atoms with Gasteiger partial charge in [0.15, 0.2) is 0 Å². The molecular formula is C15H16BrN3O. The fourth-order valence-corrected chi connectivity index (χ4v) is 2.06. The second kappa shape index (κ2) is 7.05. The molecule has 0 saturated carbocycles. The highest BCUT2D eigenvalue weighted by Crippen LogP contribution is 2.11. The molecule has 0 fully saturated rings. The maximum atomic E-state index is 11.6. The summed E-state index contributed by atoms with van der Waals surface area (Å²) in [7, 11) is 1.63. The molecule has 0 unspecified atom stereocenters. The lowest BCUT2D eigenvalue weighted by Gasteiger charge is -2.07. The molecule has 2 aromatic rings. The van der Waals surface area contributed by atoms with Crippen LogP contribution in [0, 0.1) is 0 Å². The molecule has 2 rings (SSSR count). The van der Waals surface area contributed by atoms with Crippen LogP contribution in [-0.2, 0) is 6.42 Å². The van der Waals surface area contributed by atoms with Gasteiger partial charge in [0.2, 0.25) is 0 Å². The quantitative estimate of drug-likeness (QED) is 0.884. The molecular weight excluding hydrogens is 318 g/mol. The van der Waals surface area contributed by atoms with Gasteiger partial charge in [-0.1, -0.05) is 12.1 Å². The Hall–Kier alpha value is -1.88. The third-order valence-electron chi connectivity index (χ3n) is 2.86. The second-order valence-electron chi connectivity index (χ2n) is 4.32. The van der Waals surface area contributed by atoms with Gasteiger partial charge in [0.25, 0.3) is 5.91 Å². The van der Waals surface area contributed by atoms with Crippen molar-refractivity contribution in [2.24, 2.45) is 0 Å². The second-order valence-corrected chi connectivity index (χ2v) is 5.23. The van der Waals surface area contributed by atoms with Crippen LogP contribution in [0.4, 0.5) is 5.82 Å². The number of benzene rings is 1. The summed E-state index contributed by atoms with van der Waals surface area (Å²) in [6.07, 6.45) is 2.59. The Morgan fingerprint density at radius 1 is 1.30 bits per heavy atom. The number of pyridine rings is 1. The number of anilines is 1. The molecule has 0 atom stereocenters. The maximum absolute atomic E-state index is 11.6. The number of hydrogen-bond donors (Lipinski definition) is 2. The molecule has 1 aromatic heterocycles. The number of hydrogen-bond acceptors (Lipinski definition) is 3. The third-order valence-corrected chi connectivity index (χ3v) is 3.33. The fraction of sp³-hybridized carbons (Fsp3) is 0.200. The van der Waals surface area contributed by atoms with Crippen LogP contribution in [0.2, 0.25) is 0 Å². The number of carbonyl (C=O) groups excluding carboxylic acids is 1. The molecule has 1 amide bonds. The van der Waals surface area contributed by atoms with Gasteiger partial charge in [0.05, 0.1) is 0 Å². The Labute approximate surface area is 126 Å². The van der Waals surface area contributed by atoms with Crippen LogP contribution in [0.3, 0.4) is 0 Å². The van der Waals surface area contributed by atoms with Crippen molar-refractivity contribution in [2.45, 2.75) is 6.42 Å². The largest absolute Gasteiger partial charge is 0.370 e. The van der Waals surface area contributed by atoms with Crippen molar-refractivity contribution in [3.63, 3.8) is 0 Å². The number of aromatic nitrogens is 1. The van der Waals surface area contributed by atoms with Gasteiger partial charge < -0.3 is 10.6 Å². The van der Waals surface area contributed by atoms with E-state index >= 15 is 0 Å². The molecule has 4 nitrogen and oxygen atoms in total. The molecule has 5 heteroatoms. The first kappa shape index (κ1) is 14.5. The lowest BCUT2D eigenvalue weighted by atomic mass is 10.1. The molecule has 20 heavy (non-hydrogen) atoms. The number of carbonyl (C=O) groups is 1. The van der Waals surface area contributed by atoms with E-state index < -0.39 is 0 Å². The Kier molecular flexibility index (Phi) is 5.12. The minimum absolute atomic E-state index is 0.0608. The van der Waals surface area contributed by atoms with Crippen LogP contribution in [0.25, 0.3) is 0 Å². The van der Waals surface area contributed by atoms with Crippen LogP contribution < -0.4 is 10.6 Å². The highest BCUT2D eigenvalue weighted by Gasteiger charge is 2.03. The van der Waals surface area contributed by atoms with Gasteiger partial charge in [-0.3, -0.25) is 4.79 Å². The van der Waals surface area contributed by atoms with Gasteiger partial charge >= 0.3 is 0 Å². The number of amides is 1. The van der Waals surface area contributed by atoms with E-state index in [2.05, 4.69) is 31.5 Å². The first-order valence-corrected chi connectivity index (χ1v) is 7.15. The SMILES string of the molecule is CNC(=O)c1cccc(CCNc2ccc(Br)cn2)c1. The first-order chi connectivity index (χ1) is 9.69. The monoisotopic (exact) mass is 333 g/mol. The van der Waals surface area contributed by atoms with Gasteiger partial charge in [0.1, 0.15) is 5.82 Å². The van der Waals surface area contributed by atoms with E-state index in [0.717, 1.165) is 28.8 Å². The van der Waals surface area contributed by atoms with Crippen LogP contribution in [0.15, 0.2) is 47.1 Å². The zero-order valence-electron chi connectivity index (χ0n) is 11.2. The Morgan fingerprint density at radius 3 is 2.85 bits per heavy atom. The number of halogens is 1. The first-order valence-electron chi connectivity index (χ1n) is 6.35. The summed E-state index contributed by atoms with van der Waals surface area (Å²) >= 11 is 3.35. The maximum Gasteiger partial charge on any atom is 0.251 e. The van der Waals surface area contributed by atoms with Crippen LogP contribution >= 0.6 is 15.9 Å². The lowest BCUT2D eigenvalue weighted by Crippen LogP contribution is -2.18. The molecule has 0 aliphatic carbocycles. The molecule has 0 spiro atoms. The van der Waals surface area contributed by atoms with Crippen LogP contribution in [0.1, 0.15) is 15.9 Å². The van der Waals surface area contributed by atoms with Crippen molar-refractivity contribution >= 4 is 27.7 Å². The average Bonchev–Trinajstić information content (AvgIpc) is 2.49. The van der Waals surface area contributed by atoms with E-state index in [-0.39, 0.29) is 5.91 Å². The highest BCUT2D eigenvalue weighted by molar-refractivity contribution is 9.10. The van der Waals surface area contributed by atoms with E-state index in [1.165, 1.54) is 0 Å². The van der Waals surface area contributed by atoms with Gasteiger partial charge in [0, 0.05) is 29.8 Å². The normalized spacial score (nSPS) is 10.1. The molecule has 0 saturated heterocycles. The van der Waals surface area contributed by atoms with Gasteiger partial charge in [-0.25, -0.2) is 4.98 Å². The highest BCUT2D eigenvalue weighted by atomic mass is 79.9. The third kappa shape index (κ3) is 4.06. The molecule has 0 aliphatic heterocycles. The van der Waals surface area contributed by atoms with E-state index in [4.69, 9.17) is 0 Å². The van der Waals surface area contributed by atoms with E-state index in [0.29, 0.717) is 5.56 Å². The fourth-order valence-electron chi connectivity index (χ4n) is 1.83. The molecule has 0 bridgehead atoms. The zero-order valence-corrected chi connectivity index (χ0v) is 12.8. The zero-order chi connectivity index (χ0) is 14.4. The molecule has 1 heterocycles. The Balaban J connectivity index is 1.91. The predicted molar refractivity (Wildman–Crippen MR) is 84.0 cm³/mol. The summed E-state index contributed by atoms with van der Waals surface area (Å²) < 4.78 is 0.960. The van der Waals surface area contributed by atoms with Gasteiger partial charge in [-0.2, -0.15) is 0 Å². The topological polar surface area (TPSA) is 54.0 Å². The van der Waals surface area contributed by atoms with E-state index in [1.54, 1.807) is 13.2 Å². The van der Waals surface area contributed by atoms with Gasteiger partial charge in [-0.15, -0.1) is 0 Å². The van der Waals surface area contributed by atoms with Gasteiger partial charge in [-0.05, 0) is 52.2 Å². The van der Waals surface area contributed by atoms with Crippen molar-refractivity contribution in [3.05, 3.63) is 58.2 Å². The Bertz CT molecular complexity index is 584.